The van der Waals surface area contributed by atoms with Crippen LogP contribution < -0.4 is 10.9 Å². The summed E-state index contributed by atoms with van der Waals surface area (Å²) >= 11 is 5.62. The molecule has 0 aliphatic carbocycles. The van der Waals surface area contributed by atoms with Gasteiger partial charge in [0.15, 0.2) is 0 Å². The average Bonchev–Trinajstić information content (AvgIpc) is 3.29. The van der Waals surface area contributed by atoms with Crippen LogP contribution in [0.15, 0.2) is 77.6 Å². The van der Waals surface area contributed by atoms with Gasteiger partial charge in [-0.3, -0.25) is 14.7 Å². The Morgan fingerprint density at radius 1 is 1.00 bits per heavy atom. The van der Waals surface area contributed by atoms with Crippen LogP contribution in [-0.4, -0.2) is 28.6 Å². The molecule has 0 unspecified atom stereocenters. The Morgan fingerprint density at radius 3 is 2.45 bits per heavy atom. The van der Waals surface area contributed by atoms with Gasteiger partial charge < -0.3 is 9.47 Å². The molecule has 2 heterocycles. The molecule has 192 valence electrons. The van der Waals surface area contributed by atoms with Gasteiger partial charge >= 0.3 is 12.1 Å². The van der Waals surface area contributed by atoms with Crippen molar-refractivity contribution in [2.45, 2.75) is 32.4 Å². The molecule has 0 spiro atoms. The molecule has 0 saturated heterocycles. The summed E-state index contributed by atoms with van der Waals surface area (Å²) in [6.07, 6.45) is -0.180. The van der Waals surface area contributed by atoms with Crippen LogP contribution in [0.1, 0.15) is 40.4 Å². The fourth-order valence-electron chi connectivity index (χ4n) is 4.96. The number of nitrogens with one attached hydrogen (secondary N) is 1. The Bertz CT molecular complexity index is 1630. The minimum Gasteiger partial charge on any atom is -0.467 e. The number of esters is 1. The molecule has 3 aromatic carbocycles. The molecule has 1 atom stereocenters. The molecule has 4 aromatic rings. The van der Waals surface area contributed by atoms with Crippen LogP contribution >= 0.6 is 12.2 Å². The molecule has 1 aromatic heterocycles. The van der Waals surface area contributed by atoms with E-state index in [1.165, 1.54) is 17.7 Å². The van der Waals surface area contributed by atoms with Gasteiger partial charge in [0.1, 0.15) is 12.6 Å². The second-order valence-electron chi connectivity index (χ2n) is 9.22. The van der Waals surface area contributed by atoms with Gasteiger partial charge in [-0.1, -0.05) is 78.9 Å². The van der Waals surface area contributed by atoms with Crippen LogP contribution in [0, 0.1) is 6.92 Å². The van der Waals surface area contributed by atoms with E-state index in [0.29, 0.717) is 28.2 Å². The molecule has 1 N–H and O–H groups in total. The van der Waals surface area contributed by atoms with Gasteiger partial charge in [-0.25, -0.2) is 9.59 Å². The van der Waals surface area contributed by atoms with Crippen molar-refractivity contribution in [1.29, 1.82) is 0 Å². The third kappa shape index (κ3) is 4.82. The lowest BCUT2D eigenvalue weighted by Gasteiger charge is -2.19. The van der Waals surface area contributed by atoms with E-state index in [-0.39, 0.29) is 18.6 Å². The molecule has 0 radical (unpaired) electrons. The van der Waals surface area contributed by atoms with Gasteiger partial charge in [-0.15, -0.1) is 0 Å². The highest BCUT2D eigenvalue weighted by molar-refractivity contribution is 7.80. The smallest absolute Gasteiger partial charge is 0.412 e. The molecule has 0 bridgehead atoms. The Balaban J connectivity index is 1.58. The highest BCUT2D eigenvalue weighted by Crippen LogP contribution is 2.35. The van der Waals surface area contributed by atoms with Crippen molar-refractivity contribution in [1.82, 2.24) is 4.57 Å². The van der Waals surface area contributed by atoms with Gasteiger partial charge in [0.05, 0.1) is 18.5 Å². The number of aromatic nitrogens is 1. The molecule has 8 heteroatoms. The Kier molecular flexibility index (Phi) is 7.07. The van der Waals surface area contributed by atoms with Crippen molar-refractivity contribution >= 4 is 45.6 Å². The Labute approximate surface area is 225 Å². The van der Waals surface area contributed by atoms with Crippen LogP contribution in [-0.2, 0) is 27.3 Å². The number of amides is 1. The van der Waals surface area contributed by atoms with Crippen LogP contribution in [0.4, 0.5) is 10.5 Å². The van der Waals surface area contributed by atoms with Crippen LogP contribution in [0.2, 0.25) is 0 Å². The first-order chi connectivity index (χ1) is 18.4. The van der Waals surface area contributed by atoms with E-state index in [0.717, 1.165) is 27.5 Å². The summed E-state index contributed by atoms with van der Waals surface area (Å²) in [5.74, 6) is -0.567. The molecular weight excluding hydrogens is 500 g/mol. The summed E-state index contributed by atoms with van der Waals surface area (Å²) in [7, 11) is 1.27. The van der Waals surface area contributed by atoms with Crippen LogP contribution in [0.5, 0.6) is 0 Å². The summed E-state index contributed by atoms with van der Waals surface area (Å²) in [6, 6.07) is 22.0. The van der Waals surface area contributed by atoms with E-state index >= 15 is 0 Å². The van der Waals surface area contributed by atoms with Gasteiger partial charge in [-0.05, 0) is 39.9 Å². The van der Waals surface area contributed by atoms with Crippen molar-refractivity contribution in [2.24, 2.45) is 0 Å². The summed E-state index contributed by atoms with van der Waals surface area (Å²) in [5.41, 5.74) is 3.87. The highest BCUT2D eigenvalue weighted by atomic mass is 32.1. The van der Waals surface area contributed by atoms with Crippen molar-refractivity contribution in [3.8, 4) is 0 Å². The molecular formula is C30H26N2O5S. The Morgan fingerprint density at radius 2 is 1.71 bits per heavy atom. The number of benzene rings is 3. The fourth-order valence-corrected chi connectivity index (χ4v) is 5.31. The first kappa shape index (κ1) is 25.4. The summed E-state index contributed by atoms with van der Waals surface area (Å²) < 4.78 is 11.7. The van der Waals surface area contributed by atoms with Crippen LogP contribution in [0.25, 0.3) is 10.8 Å². The molecule has 7 nitrogen and oxygen atoms in total. The third-order valence-corrected chi connectivity index (χ3v) is 7.17. The van der Waals surface area contributed by atoms with Crippen molar-refractivity contribution < 1.29 is 19.1 Å². The number of hydrogen-bond donors (Lipinski definition) is 1. The summed E-state index contributed by atoms with van der Waals surface area (Å²) in [5, 5.41) is 5.00. The zero-order valence-electron chi connectivity index (χ0n) is 21.0. The summed E-state index contributed by atoms with van der Waals surface area (Å²) in [4.78, 5) is 39.1. The Hall–Kier alpha value is -4.30. The van der Waals surface area contributed by atoms with Crippen molar-refractivity contribution in [2.75, 3.05) is 12.4 Å². The third-order valence-electron chi connectivity index (χ3n) is 6.81. The number of carbonyl (C=O) groups excluding carboxylic acids is 2. The number of carbonyl (C=O) groups is 2. The van der Waals surface area contributed by atoms with Gasteiger partial charge in [0.2, 0.25) is 0 Å². The van der Waals surface area contributed by atoms with E-state index in [9.17, 15) is 14.4 Å². The number of thiocarbonyl (C=S) groups is 1. The second kappa shape index (κ2) is 10.6. The first-order valence-electron chi connectivity index (χ1n) is 12.2. The fraction of sp³-hybridized carbons (Fsp3) is 0.200. The van der Waals surface area contributed by atoms with Gasteiger partial charge in [0, 0.05) is 23.8 Å². The number of ether oxygens (including phenoxy) is 2. The lowest BCUT2D eigenvalue weighted by molar-refractivity contribution is -0.144. The SMILES string of the molecule is COC(=O)[C@H]1CC(=S)c2c(NC(=O)OCc3ccccc3)c(Cc3ccc(C)c4ccccc34)cc(=O)n21. The number of hydrogen-bond acceptors (Lipinski definition) is 6. The number of aryl methyl sites for hydroxylation is 1. The second-order valence-corrected chi connectivity index (χ2v) is 9.71. The lowest BCUT2D eigenvalue weighted by Crippen LogP contribution is -2.30. The largest absolute Gasteiger partial charge is 0.467 e. The molecule has 38 heavy (non-hydrogen) atoms. The number of pyridine rings is 1. The van der Waals surface area contributed by atoms with Crippen molar-refractivity contribution in [3.05, 3.63) is 111 Å². The monoisotopic (exact) mass is 526 g/mol. The normalized spacial score (nSPS) is 14.3. The van der Waals surface area contributed by atoms with E-state index in [1.807, 2.05) is 60.7 Å². The van der Waals surface area contributed by atoms with E-state index in [1.54, 1.807) is 0 Å². The minimum absolute atomic E-state index is 0.0782. The zero-order chi connectivity index (χ0) is 26.8. The number of nitrogens with zero attached hydrogens (tertiary/aromatic N) is 1. The maximum absolute atomic E-state index is 13.3. The molecule has 1 aliphatic heterocycles. The van der Waals surface area contributed by atoms with Crippen LogP contribution in [0.3, 0.4) is 0 Å². The van der Waals surface area contributed by atoms with Gasteiger partial charge in [-0.2, -0.15) is 0 Å². The maximum Gasteiger partial charge on any atom is 0.412 e. The van der Waals surface area contributed by atoms with E-state index < -0.39 is 18.1 Å². The topological polar surface area (TPSA) is 86.6 Å². The number of anilines is 1. The van der Waals surface area contributed by atoms with Crippen molar-refractivity contribution in [3.63, 3.8) is 0 Å². The number of rotatable bonds is 6. The number of methoxy groups -OCH3 is 1. The van der Waals surface area contributed by atoms with E-state index in [2.05, 4.69) is 18.3 Å². The predicted molar refractivity (Wildman–Crippen MR) is 150 cm³/mol. The molecule has 5 rings (SSSR count). The standard InChI is InChI=1S/C30H26N2O5S/c1-18-12-13-20(23-11-7-6-10-22(18)23)14-21-15-26(33)32-24(29(34)36-2)16-25(38)28(32)27(21)31-30(35)37-17-19-8-4-3-5-9-19/h3-13,15,24H,14,16-17H2,1-2H3,(H,31,35)/t24-/m1/s1. The minimum atomic E-state index is -0.884. The van der Waals surface area contributed by atoms with E-state index in [4.69, 9.17) is 21.7 Å². The quantitative estimate of drug-likeness (QED) is 0.264. The molecule has 1 aliphatic rings. The maximum atomic E-state index is 13.3. The molecule has 0 fully saturated rings. The van der Waals surface area contributed by atoms with Gasteiger partial charge in [0.25, 0.3) is 5.56 Å². The average molecular weight is 527 g/mol. The highest BCUT2D eigenvalue weighted by Gasteiger charge is 2.37. The summed E-state index contributed by atoms with van der Waals surface area (Å²) in [6.45, 7) is 2.13. The molecule has 1 amide bonds. The number of fused-ring (bicyclic) bond motifs is 2. The lowest BCUT2D eigenvalue weighted by atomic mass is 9.95. The first-order valence-corrected chi connectivity index (χ1v) is 12.6. The zero-order valence-corrected chi connectivity index (χ0v) is 21.8. The predicted octanol–water partition coefficient (Wildman–Crippen LogP) is 5.49. The molecule has 0 saturated carbocycles.